The molecule has 1 heterocycles. The molecule has 0 aliphatic carbocycles. The van der Waals surface area contributed by atoms with Crippen molar-refractivity contribution >= 4 is 28.5 Å². The maximum Gasteiger partial charge on any atom is 0.333 e. The van der Waals surface area contributed by atoms with Gasteiger partial charge in [-0.2, -0.15) is 0 Å². The normalized spacial score (nSPS) is 12.4. The molecule has 2 aromatic rings. The number of nitrogens with zero attached hydrogens (tertiary/aromatic N) is 2. The van der Waals surface area contributed by atoms with E-state index in [0.29, 0.717) is 5.52 Å². The second-order valence-electron chi connectivity index (χ2n) is 3.80. The first-order chi connectivity index (χ1) is 8.06. The van der Waals surface area contributed by atoms with Gasteiger partial charge in [0.25, 0.3) is 0 Å². The average Bonchev–Trinajstić information content (AvgIpc) is 2.53. The van der Waals surface area contributed by atoms with Crippen LogP contribution in [0.5, 0.6) is 0 Å². The number of aromatic nitrogens is 2. The van der Waals surface area contributed by atoms with E-state index in [1.807, 2.05) is 18.6 Å². The highest BCUT2D eigenvalue weighted by Gasteiger charge is 2.12. The van der Waals surface area contributed by atoms with Gasteiger partial charge in [0.2, 0.25) is 0 Å². The van der Waals surface area contributed by atoms with Gasteiger partial charge in [-0.3, -0.25) is 9.13 Å². The third-order valence-corrected chi connectivity index (χ3v) is 3.24. The van der Waals surface area contributed by atoms with E-state index in [0.717, 1.165) is 11.2 Å². The Labute approximate surface area is 103 Å². The lowest BCUT2D eigenvalue weighted by atomic mass is 10.3. The molecule has 1 aromatic heterocycles. The molecular weight excluding hydrogens is 239 g/mol. The van der Waals surface area contributed by atoms with Gasteiger partial charge in [-0.25, -0.2) is 9.18 Å². The van der Waals surface area contributed by atoms with Gasteiger partial charge in [-0.15, -0.1) is 11.8 Å². The number of hydrogen-bond acceptors (Lipinski definition) is 2. The van der Waals surface area contributed by atoms with Gasteiger partial charge in [0.15, 0.2) is 0 Å². The van der Waals surface area contributed by atoms with Gasteiger partial charge in [0.1, 0.15) is 5.82 Å². The molecule has 5 heteroatoms. The zero-order chi connectivity index (χ0) is 12.6. The van der Waals surface area contributed by atoms with Crippen LogP contribution in [-0.2, 0) is 7.05 Å². The second-order valence-corrected chi connectivity index (χ2v) is 4.51. The Hall–Kier alpha value is -1.49. The van der Waals surface area contributed by atoms with Crippen LogP contribution in [0.2, 0.25) is 0 Å². The molecule has 0 fully saturated rings. The third kappa shape index (κ3) is 1.91. The first-order valence-corrected chi connectivity index (χ1v) is 6.42. The average molecular weight is 252 g/mol. The topological polar surface area (TPSA) is 26.9 Å². The summed E-state index contributed by atoms with van der Waals surface area (Å²) in [6.07, 6.45) is 1.93. The van der Waals surface area contributed by atoms with Crippen LogP contribution in [0.25, 0.3) is 16.7 Å². The number of thioether (sulfide) groups is 1. The van der Waals surface area contributed by atoms with Crippen molar-refractivity contribution in [2.24, 2.45) is 7.05 Å². The Balaban J connectivity index is 2.85. The van der Waals surface area contributed by atoms with E-state index >= 15 is 0 Å². The highest BCUT2D eigenvalue weighted by atomic mass is 32.2. The molecule has 0 saturated heterocycles. The van der Waals surface area contributed by atoms with E-state index in [1.165, 1.54) is 28.5 Å². The number of halogens is 1. The summed E-state index contributed by atoms with van der Waals surface area (Å²) in [5.74, 6) is -0.336. The lowest BCUT2D eigenvalue weighted by Gasteiger charge is -2.02. The molecule has 0 radical (unpaired) electrons. The van der Waals surface area contributed by atoms with Crippen LogP contribution in [0.1, 0.15) is 6.92 Å². The summed E-state index contributed by atoms with van der Waals surface area (Å²) in [4.78, 5) is 12.1. The Morgan fingerprint density at radius 1 is 1.41 bits per heavy atom. The Bertz CT molecular complexity index is 654. The SMILES string of the molecule is CSC=C(C)n1c(=O)n(C)c2cc(F)ccc21. The van der Waals surface area contributed by atoms with Crippen molar-refractivity contribution < 1.29 is 4.39 Å². The van der Waals surface area contributed by atoms with Crippen LogP contribution >= 0.6 is 11.8 Å². The Morgan fingerprint density at radius 3 is 2.76 bits per heavy atom. The van der Waals surface area contributed by atoms with Crippen LogP contribution in [0.15, 0.2) is 28.4 Å². The lowest BCUT2D eigenvalue weighted by Crippen LogP contribution is -2.20. The van der Waals surface area contributed by atoms with E-state index in [4.69, 9.17) is 0 Å². The van der Waals surface area contributed by atoms with Crippen molar-refractivity contribution in [2.75, 3.05) is 6.26 Å². The van der Waals surface area contributed by atoms with Gasteiger partial charge in [-0.1, -0.05) is 0 Å². The van der Waals surface area contributed by atoms with E-state index in [1.54, 1.807) is 17.7 Å². The molecule has 0 amide bonds. The van der Waals surface area contributed by atoms with Gasteiger partial charge < -0.3 is 0 Å². The van der Waals surface area contributed by atoms with Crippen LogP contribution in [0.3, 0.4) is 0 Å². The predicted octanol–water partition coefficient (Wildman–Crippen LogP) is 2.66. The molecule has 0 unspecified atom stereocenters. The maximum atomic E-state index is 13.2. The number of fused-ring (bicyclic) bond motifs is 1. The highest BCUT2D eigenvalue weighted by molar-refractivity contribution is 8.01. The van der Waals surface area contributed by atoms with E-state index in [9.17, 15) is 9.18 Å². The fraction of sp³-hybridized carbons (Fsp3) is 0.250. The fourth-order valence-corrected chi connectivity index (χ4v) is 2.32. The molecular formula is C12H13FN2OS. The summed E-state index contributed by atoms with van der Waals surface area (Å²) in [6.45, 7) is 1.86. The molecule has 0 spiro atoms. The predicted molar refractivity (Wildman–Crippen MR) is 70.6 cm³/mol. The number of rotatable bonds is 2. The summed E-state index contributed by atoms with van der Waals surface area (Å²) in [5.41, 5.74) is 2.00. The minimum absolute atomic E-state index is 0.159. The lowest BCUT2D eigenvalue weighted by molar-refractivity contribution is 0.628. The second kappa shape index (κ2) is 4.41. The van der Waals surface area contributed by atoms with Gasteiger partial charge >= 0.3 is 5.69 Å². The summed E-state index contributed by atoms with van der Waals surface area (Å²) >= 11 is 1.53. The number of allylic oxidation sites excluding steroid dienone is 1. The van der Waals surface area contributed by atoms with Crippen molar-refractivity contribution in [3.05, 3.63) is 39.9 Å². The summed E-state index contributed by atoms with van der Waals surface area (Å²) in [6, 6.07) is 4.37. The van der Waals surface area contributed by atoms with Gasteiger partial charge in [0.05, 0.1) is 11.0 Å². The van der Waals surface area contributed by atoms with E-state index in [-0.39, 0.29) is 11.5 Å². The van der Waals surface area contributed by atoms with Crippen LogP contribution in [0, 0.1) is 5.82 Å². The molecule has 0 atom stereocenters. The van der Waals surface area contributed by atoms with Crippen LogP contribution in [0.4, 0.5) is 4.39 Å². The van der Waals surface area contributed by atoms with E-state index in [2.05, 4.69) is 0 Å². The van der Waals surface area contributed by atoms with Crippen molar-refractivity contribution in [2.45, 2.75) is 6.92 Å². The quantitative estimate of drug-likeness (QED) is 0.821. The molecule has 1 aromatic carbocycles. The molecule has 0 bridgehead atoms. The highest BCUT2D eigenvalue weighted by Crippen LogP contribution is 2.18. The third-order valence-electron chi connectivity index (χ3n) is 2.66. The summed E-state index contributed by atoms with van der Waals surface area (Å²) in [5, 5.41) is 1.89. The molecule has 3 nitrogen and oxygen atoms in total. The number of imidazole rings is 1. The number of hydrogen-bond donors (Lipinski definition) is 0. The van der Waals surface area contributed by atoms with Crippen LogP contribution in [-0.4, -0.2) is 15.4 Å². The van der Waals surface area contributed by atoms with Crippen molar-refractivity contribution in [3.63, 3.8) is 0 Å². The molecule has 0 saturated carbocycles. The molecule has 0 N–H and O–H groups in total. The zero-order valence-corrected chi connectivity index (χ0v) is 10.7. The molecule has 17 heavy (non-hydrogen) atoms. The summed E-state index contributed by atoms with van der Waals surface area (Å²) < 4.78 is 16.2. The minimum Gasteiger partial charge on any atom is -0.295 e. The first kappa shape index (κ1) is 12.0. The largest absolute Gasteiger partial charge is 0.333 e. The monoisotopic (exact) mass is 252 g/mol. The molecule has 90 valence electrons. The number of aryl methyl sites for hydroxylation is 1. The summed E-state index contributed by atoms with van der Waals surface area (Å²) in [7, 11) is 1.65. The van der Waals surface area contributed by atoms with Crippen molar-refractivity contribution in [3.8, 4) is 0 Å². The van der Waals surface area contributed by atoms with Gasteiger partial charge in [-0.05, 0) is 36.8 Å². The van der Waals surface area contributed by atoms with E-state index < -0.39 is 0 Å². The zero-order valence-electron chi connectivity index (χ0n) is 9.90. The van der Waals surface area contributed by atoms with Crippen molar-refractivity contribution in [1.29, 1.82) is 0 Å². The fourth-order valence-electron chi connectivity index (χ4n) is 1.87. The molecule has 0 aliphatic heterocycles. The number of benzene rings is 1. The first-order valence-electron chi connectivity index (χ1n) is 5.13. The van der Waals surface area contributed by atoms with Crippen LogP contribution < -0.4 is 5.69 Å². The minimum atomic E-state index is -0.336. The smallest absolute Gasteiger partial charge is 0.295 e. The molecule has 2 rings (SSSR count). The Kier molecular flexibility index (Phi) is 3.11. The molecule has 0 aliphatic rings. The van der Waals surface area contributed by atoms with Crippen molar-refractivity contribution in [1.82, 2.24) is 9.13 Å². The standard InChI is InChI=1S/C12H13FN2OS/c1-8(7-17-3)15-10-5-4-9(13)6-11(10)14(2)12(15)16/h4-7H,1-3H3. The van der Waals surface area contributed by atoms with Gasteiger partial charge in [0, 0.05) is 12.7 Å². The Morgan fingerprint density at radius 2 is 2.12 bits per heavy atom. The maximum absolute atomic E-state index is 13.2.